The van der Waals surface area contributed by atoms with E-state index in [1.54, 1.807) is 18.3 Å². The molecule has 1 aromatic carbocycles. The first kappa shape index (κ1) is 19.3. The zero-order valence-electron chi connectivity index (χ0n) is 16.1. The molecule has 0 saturated carbocycles. The lowest BCUT2D eigenvalue weighted by atomic mass is 10.1. The lowest BCUT2D eigenvalue weighted by molar-refractivity contribution is 0.0637. The second-order valence-corrected chi connectivity index (χ2v) is 8.51. The first-order chi connectivity index (χ1) is 13.8. The van der Waals surface area contributed by atoms with Crippen LogP contribution in [0.1, 0.15) is 22.3 Å². The summed E-state index contributed by atoms with van der Waals surface area (Å²) in [4.78, 5) is 21.6. The van der Waals surface area contributed by atoms with Crippen LogP contribution in [0.5, 0.6) is 5.88 Å². The second kappa shape index (κ2) is 9.43. The largest absolute Gasteiger partial charge is 0.473 e. The van der Waals surface area contributed by atoms with E-state index >= 15 is 0 Å². The number of nitrogens with zero attached hydrogens (tertiary/aromatic N) is 3. The van der Waals surface area contributed by atoms with E-state index in [4.69, 9.17) is 4.74 Å². The van der Waals surface area contributed by atoms with Crippen LogP contribution >= 0.6 is 11.8 Å². The highest BCUT2D eigenvalue weighted by molar-refractivity contribution is 7.99. The summed E-state index contributed by atoms with van der Waals surface area (Å²) in [7, 11) is 0. The molecule has 6 heteroatoms. The van der Waals surface area contributed by atoms with Crippen LogP contribution in [0.2, 0.25) is 0 Å². The molecule has 1 aromatic heterocycles. The van der Waals surface area contributed by atoms with Gasteiger partial charge in [-0.05, 0) is 30.2 Å². The minimum Gasteiger partial charge on any atom is -0.473 e. The molecule has 2 saturated heterocycles. The molecule has 1 amide bonds. The Kier molecular flexibility index (Phi) is 6.49. The average Bonchev–Trinajstić information content (AvgIpc) is 3.26. The second-order valence-electron chi connectivity index (χ2n) is 7.36. The van der Waals surface area contributed by atoms with E-state index in [2.05, 4.69) is 40.2 Å². The number of benzene rings is 1. The molecule has 3 heterocycles. The monoisotopic (exact) mass is 397 g/mol. The van der Waals surface area contributed by atoms with Crippen molar-refractivity contribution in [1.29, 1.82) is 0 Å². The van der Waals surface area contributed by atoms with E-state index in [1.165, 1.54) is 5.56 Å². The van der Waals surface area contributed by atoms with Gasteiger partial charge in [-0.1, -0.05) is 30.3 Å². The molecule has 2 fully saturated rings. The fourth-order valence-corrected chi connectivity index (χ4v) is 4.77. The van der Waals surface area contributed by atoms with Gasteiger partial charge in [-0.25, -0.2) is 4.98 Å². The number of hydrogen-bond donors (Lipinski definition) is 0. The lowest BCUT2D eigenvalue weighted by Gasteiger charge is -2.34. The third-order valence-corrected chi connectivity index (χ3v) is 6.51. The van der Waals surface area contributed by atoms with Gasteiger partial charge in [0.15, 0.2) is 0 Å². The van der Waals surface area contributed by atoms with Crippen molar-refractivity contribution in [2.75, 3.05) is 44.2 Å². The van der Waals surface area contributed by atoms with Crippen LogP contribution in [0, 0.1) is 0 Å². The van der Waals surface area contributed by atoms with Crippen molar-refractivity contribution in [3.63, 3.8) is 0 Å². The maximum absolute atomic E-state index is 12.9. The van der Waals surface area contributed by atoms with Crippen LogP contribution in [0.4, 0.5) is 0 Å². The minimum atomic E-state index is 0.0794. The summed E-state index contributed by atoms with van der Waals surface area (Å²) >= 11 is 1.90. The third-order valence-electron chi connectivity index (χ3n) is 5.38. The van der Waals surface area contributed by atoms with Crippen molar-refractivity contribution in [3.8, 4) is 5.88 Å². The minimum absolute atomic E-state index is 0.0794. The molecule has 0 spiro atoms. The quantitative estimate of drug-likeness (QED) is 0.750. The van der Waals surface area contributed by atoms with Gasteiger partial charge in [0.1, 0.15) is 6.10 Å². The van der Waals surface area contributed by atoms with E-state index in [0.717, 1.165) is 57.1 Å². The van der Waals surface area contributed by atoms with Crippen LogP contribution in [-0.2, 0) is 6.42 Å². The van der Waals surface area contributed by atoms with Crippen LogP contribution in [-0.4, -0.2) is 71.0 Å². The zero-order valence-corrected chi connectivity index (χ0v) is 16.9. The summed E-state index contributed by atoms with van der Waals surface area (Å²) in [6.07, 6.45) is 4.01. The summed E-state index contributed by atoms with van der Waals surface area (Å²) in [5.74, 6) is 2.79. The first-order valence-electron chi connectivity index (χ1n) is 10.0. The van der Waals surface area contributed by atoms with Crippen molar-refractivity contribution < 1.29 is 9.53 Å². The number of carbonyl (C=O) groups is 1. The summed E-state index contributed by atoms with van der Waals surface area (Å²) in [6, 6.07) is 14.2. The maximum atomic E-state index is 12.9. The Hall–Kier alpha value is -2.05. The summed E-state index contributed by atoms with van der Waals surface area (Å²) in [5, 5.41) is 0. The number of aromatic nitrogens is 1. The number of carbonyl (C=O) groups excluding carboxylic acids is 1. The number of piperazine rings is 1. The molecule has 0 bridgehead atoms. The molecule has 2 aromatic rings. The molecule has 0 radical (unpaired) electrons. The summed E-state index contributed by atoms with van der Waals surface area (Å²) in [5.41, 5.74) is 2.04. The van der Waals surface area contributed by atoms with Crippen molar-refractivity contribution in [3.05, 3.63) is 59.8 Å². The van der Waals surface area contributed by atoms with Gasteiger partial charge in [-0.3, -0.25) is 9.69 Å². The van der Waals surface area contributed by atoms with E-state index in [9.17, 15) is 4.79 Å². The highest BCUT2D eigenvalue weighted by Gasteiger charge is 2.23. The summed E-state index contributed by atoms with van der Waals surface area (Å²) < 4.78 is 5.93. The molecule has 148 valence electrons. The molecule has 4 rings (SSSR count). The average molecular weight is 398 g/mol. The van der Waals surface area contributed by atoms with Crippen LogP contribution in [0.3, 0.4) is 0 Å². The van der Waals surface area contributed by atoms with E-state index < -0.39 is 0 Å². The Labute approximate surface area is 171 Å². The normalized spacial score (nSPS) is 20.3. The molecule has 5 nitrogen and oxygen atoms in total. The van der Waals surface area contributed by atoms with Gasteiger partial charge in [0.2, 0.25) is 5.88 Å². The molecule has 2 aliphatic rings. The Morgan fingerprint density at radius 2 is 1.96 bits per heavy atom. The van der Waals surface area contributed by atoms with E-state index in [1.807, 2.05) is 16.7 Å². The van der Waals surface area contributed by atoms with Gasteiger partial charge >= 0.3 is 0 Å². The van der Waals surface area contributed by atoms with Gasteiger partial charge in [0, 0.05) is 56.3 Å². The number of rotatable bonds is 6. The van der Waals surface area contributed by atoms with E-state index in [-0.39, 0.29) is 12.0 Å². The molecule has 0 N–H and O–H groups in total. The molecule has 28 heavy (non-hydrogen) atoms. The molecular weight excluding hydrogens is 370 g/mol. The van der Waals surface area contributed by atoms with Crippen LogP contribution < -0.4 is 4.74 Å². The number of thioether (sulfide) groups is 1. The maximum Gasteiger partial charge on any atom is 0.254 e. The number of amides is 1. The topological polar surface area (TPSA) is 45.7 Å². The van der Waals surface area contributed by atoms with Gasteiger partial charge < -0.3 is 9.64 Å². The van der Waals surface area contributed by atoms with Crippen molar-refractivity contribution in [2.24, 2.45) is 0 Å². The standard InChI is InChI=1S/C22H27N3O2S/c26-22(19-6-9-23-21(16-19)27-20-8-15-28-17-20)25-13-11-24(12-14-25)10-7-18-4-2-1-3-5-18/h1-6,9,16,20H,7-8,10-15,17H2. The molecule has 2 aliphatic heterocycles. The van der Waals surface area contributed by atoms with Crippen LogP contribution in [0.15, 0.2) is 48.7 Å². The highest BCUT2D eigenvalue weighted by Crippen LogP contribution is 2.22. The fraction of sp³-hybridized carbons (Fsp3) is 0.455. The van der Waals surface area contributed by atoms with Crippen molar-refractivity contribution >= 4 is 17.7 Å². The van der Waals surface area contributed by atoms with Gasteiger partial charge in [-0.15, -0.1) is 0 Å². The number of pyridine rings is 1. The first-order valence-corrected chi connectivity index (χ1v) is 11.2. The van der Waals surface area contributed by atoms with Gasteiger partial charge in [-0.2, -0.15) is 11.8 Å². The Morgan fingerprint density at radius 3 is 2.71 bits per heavy atom. The third kappa shape index (κ3) is 5.06. The predicted octanol–water partition coefficient (Wildman–Crippen LogP) is 2.97. The van der Waals surface area contributed by atoms with E-state index in [0.29, 0.717) is 11.4 Å². The number of ether oxygens (including phenoxy) is 1. The number of hydrogen-bond acceptors (Lipinski definition) is 5. The lowest BCUT2D eigenvalue weighted by Crippen LogP contribution is -2.49. The summed E-state index contributed by atoms with van der Waals surface area (Å²) in [6.45, 7) is 4.42. The smallest absolute Gasteiger partial charge is 0.254 e. The van der Waals surface area contributed by atoms with Gasteiger partial charge in [0.25, 0.3) is 5.91 Å². The fourth-order valence-electron chi connectivity index (χ4n) is 3.67. The highest BCUT2D eigenvalue weighted by atomic mass is 32.2. The van der Waals surface area contributed by atoms with Crippen molar-refractivity contribution in [1.82, 2.24) is 14.8 Å². The Morgan fingerprint density at radius 1 is 1.14 bits per heavy atom. The molecule has 1 unspecified atom stereocenters. The molecule has 0 aliphatic carbocycles. The van der Waals surface area contributed by atoms with Gasteiger partial charge in [0.05, 0.1) is 0 Å². The molecular formula is C22H27N3O2S. The van der Waals surface area contributed by atoms with Crippen molar-refractivity contribution in [2.45, 2.75) is 18.9 Å². The SMILES string of the molecule is O=C(c1ccnc(OC2CCSC2)c1)N1CCN(CCc2ccccc2)CC1. The Balaban J connectivity index is 1.27. The Bertz CT molecular complexity index is 772. The molecule has 1 atom stereocenters. The predicted molar refractivity (Wildman–Crippen MR) is 113 cm³/mol. The zero-order chi connectivity index (χ0) is 19.2. The van der Waals surface area contributed by atoms with Crippen LogP contribution in [0.25, 0.3) is 0 Å².